The largest absolute Gasteiger partial charge is 0.464 e. The van der Waals surface area contributed by atoms with Crippen molar-refractivity contribution in [3.05, 3.63) is 29.7 Å². The minimum absolute atomic E-state index is 0.0500. The molecule has 0 radical (unpaired) electrons. The molecule has 0 aliphatic carbocycles. The SMILES string of the molecule is COC(=O)c1cccc2nc(CC3CCS(=O)(=O)C3)nn12. The Morgan fingerprint density at radius 2 is 2.29 bits per heavy atom. The average molecular weight is 309 g/mol. The highest BCUT2D eigenvalue weighted by molar-refractivity contribution is 7.91. The highest BCUT2D eigenvalue weighted by atomic mass is 32.2. The van der Waals surface area contributed by atoms with Crippen molar-refractivity contribution in [3.8, 4) is 0 Å². The van der Waals surface area contributed by atoms with Gasteiger partial charge >= 0.3 is 5.97 Å². The molecule has 1 atom stereocenters. The number of rotatable bonds is 3. The first-order chi connectivity index (χ1) is 9.98. The number of aromatic nitrogens is 3. The fraction of sp³-hybridized carbons (Fsp3) is 0.462. The van der Waals surface area contributed by atoms with Gasteiger partial charge in [0.15, 0.2) is 27.0 Å². The predicted octanol–water partition coefficient (Wildman–Crippen LogP) is 0.493. The number of pyridine rings is 1. The van der Waals surface area contributed by atoms with E-state index in [1.165, 1.54) is 11.6 Å². The van der Waals surface area contributed by atoms with E-state index < -0.39 is 15.8 Å². The lowest BCUT2D eigenvalue weighted by molar-refractivity contribution is 0.0591. The zero-order valence-electron chi connectivity index (χ0n) is 11.5. The number of hydrogen-bond acceptors (Lipinski definition) is 6. The van der Waals surface area contributed by atoms with Crippen LogP contribution in [0.2, 0.25) is 0 Å². The van der Waals surface area contributed by atoms with Gasteiger partial charge in [0.1, 0.15) is 0 Å². The van der Waals surface area contributed by atoms with Crippen LogP contribution in [0.25, 0.3) is 5.65 Å². The van der Waals surface area contributed by atoms with Crippen LogP contribution >= 0.6 is 0 Å². The highest BCUT2D eigenvalue weighted by Gasteiger charge is 2.29. The van der Waals surface area contributed by atoms with Crippen LogP contribution in [0.15, 0.2) is 18.2 Å². The van der Waals surface area contributed by atoms with Crippen molar-refractivity contribution in [2.45, 2.75) is 12.8 Å². The van der Waals surface area contributed by atoms with Crippen LogP contribution in [-0.2, 0) is 21.0 Å². The van der Waals surface area contributed by atoms with Crippen molar-refractivity contribution in [1.82, 2.24) is 14.6 Å². The molecule has 0 amide bonds. The average Bonchev–Trinajstić information content (AvgIpc) is 3.00. The molecule has 0 bridgehead atoms. The van der Waals surface area contributed by atoms with Gasteiger partial charge in [-0.2, -0.15) is 5.10 Å². The van der Waals surface area contributed by atoms with Crippen LogP contribution < -0.4 is 0 Å². The van der Waals surface area contributed by atoms with Gasteiger partial charge in [-0.1, -0.05) is 6.07 Å². The molecule has 21 heavy (non-hydrogen) atoms. The van der Waals surface area contributed by atoms with E-state index in [9.17, 15) is 13.2 Å². The Morgan fingerprint density at radius 3 is 2.95 bits per heavy atom. The number of methoxy groups -OCH3 is 1. The Labute approximate surface area is 121 Å². The fourth-order valence-corrected chi connectivity index (χ4v) is 4.45. The molecule has 3 heterocycles. The maximum atomic E-state index is 11.7. The summed E-state index contributed by atoms with van der Waals surface area (Å²) in [6, 6.07) is 5.06. The molecule has 8 heteroatoms. The number of fused-ring (bicyclic) bond motifs is 1. The minimum Gasteiger partial charge on any atom is -0.464 e. The first kappa shape index (κ1) is 14.0. The summed E-state index contributed by atoms with van der Waals surface area (Å²) >= 11 is 0. The van der Waals surface area contributed by atoms with Crippen LogP contribution in [-0.4, -0.2) is 47.6 Å². The van der Waals surface area contributed by atoms with Gasteiger partial charge in [0, 0.05) is 6.42 Å². The third-order valence-corrected chi connectivity index (χ3v) is 5.43. The van der Waals surface area contributed by atoms with Crippen molar-refractivity contribution in [2.24, 2.45) is 5.92 Å². The number of carbonyl (C=O) groups excluding carboxylic acids is 1. The number of esters is 1. The van der Waals surface area contributed by atoms with Crippen LogP contribution in [0.1, 0.15) is 22.7 Å². The molecule has 1 aliphatic heterocycles. The van der Waals surface area contributed by atoms with Gasteiger partial charge in [-0.15, -0.1) is 0 Å². The van der Waals surface area contributed by atoms with Crippen molar-refractivity contribution in [3.63, 3.8) is 0 Å². The van der Waals surface area contributed by atoms with Gasteiger partial charge in [-0.25, -0.2) is 22.7 Å². The van der Waals surface area contributed by atoms with E-state index in [1.807, 2.05) is 0 Å². The zero-order valence-corrected chi connectivity index (χ0v) is 12.3. The van der Waals surface area contributed by atoms with E-state index in [2.05, 4.69) is 10.1 Å². The number of sulfone groups is 1. The lowest BCUT2D eigenvalue weighted by Crippen LogP contribution is -2.10. The Balaban J connectivity index is 1.89. The molecule has 1 fully saturated rings. The molecule has 2 aromatic rings. The monoisotopic (exact) mass is 309 g/mol. The molecule has 1 unspecified atom stereocenters. The van der Waals surface area contributed by atoms with E-state index >= 15 is 0 Å². The standard InChI is InChI=1S/C13H15N3O4S/c1-20-13(17)10-3-2-4-12-14-11(15-16(10)12)7-9-5-6-21(18,19)8-9/h2-4,9H,5-8H2,1H3. The third-order valence-electron chi connectivity index (χ3n) is 3.60. The number of carbonyl (C=O) groups is 1. The van der Waals surface area contributed by atoms with Gasteiger partial charge in [0.2, 0.25) is 0 Å². The van der Waals surface area contributed by atoms with Crippen molar-refractivity contribution in [1.29, 1.82) is 0 Å². The van der Waals surface area contributed by atoms with E-state index in [4.69, 9.17) is 4.74 Å². The zero-order chi connectivity index (χ0) is 15.0. The van der Waals surface area contributed by atoms with Gasteiger partial charge in [0.25, 0.3) is 0 Å². The van der Waals surface area contributed by atoms with Crippen LogP contribution in [0.3, 0.4) is 0 Å². The predicted molar refractivity (Wildman–Crippen MR) is 74.8 cm³/mol. The van der Waals surface area contributed by atoms with Crippen LogP contribution in [0.4, 0.5) is 0 Å². The highest BCUT2D eigenvalue weighted by Crippen LogP contribution is 2.21. The van der Waals surface area contributed by atoms with Gasteiger partial charge in [0.05, 0.1) is 18.6 Å². The fourth-order valence-electron chi connectivity index (χ4n) is 2.59. The molecule has 0 aromatic carbocycles. The summed E-state index contributed by atoms with van der Waals surface area (Å²) in [4.78, 5) is 16.0. The Kier molecular flexibility index (Phi) is 3.40. The van der Waals surface area contributed by atoms with Crippen molar-refractivity contribution < 1.29 is 17.9 Å². The lowest BCUT2D eigenvalue weighted by Gasteiger charge is -2.02. The first-order valence-electron chi connectivity index (χ1n) is 6.62. The Bertz CT molecular complexity index is 797. The minimum atomic E-state index is -2.91. The molecule has 7 nitrogen and oxygen atoms in total. The second-order valence-corrected chi connectivity index (χ2v) is 7.40. The van der Waals surface area contributed by atoms with E-state index in [0.29, 0.717) is 30.0 Å². The molecule has 1 aliphatic rings. The van der Waals surface area contributed by atoms with Gasteiger partial charge in [-0.3, -0.25) is 0 Å². The number of nitrogens with zero attached hydrogens (tertiary/aromatic N) is 3. The third kappa shape index (κ3) is 2.76. The normalized spacial score (nSPS) is 20.7. The topological polar surface area (TPSA) is 90.6 Å². The maximum Gasteiger partial charge on any atom is 0.356 e. The summed E-state index contributed by atoms with van der Waals surface area (Å²) in [5.41, 5.74) is 0.849. The summed E-state index contributed by atoms with van der Waals surface area (Å²) in [5, 5.41) is 4.30. The summed E-state index contributed by atoms with van der Waals surface area (Å²) in [6.07, 6.45) is 1.14. The molecule has 2 aromatic heterocycles. The summed E-state index contributed by atoms with van der Waals surface area (Å²) < 4.78 is 29.1. The van der Waals surface area contributed by atoms with Crippen molar-refractivity contribution >= 4 is 21.5 Å². The molecular formula is C13H15N3O4S. The quantitative estimate of drug-likeness (QED) is 0.767. The Hall–Kier alpha value is -1.96. The van der Waals surface area contributed by atoms with E-state index in [1.54, 1.807) is 18.2 Å². The van der Waals surface area contributed by atoms with Crippen LogP contribution in [0.5, 0.6) is 0 Å². The summed E-state index contributed by atoms with van der Waals surface area (Å²) in [5.74, 6) is 0.535. The molecule has 0 spiro atoms. The molecule has 3 rings (SSSR count). The number of ether oxygens (including phenoxy) is 1. The van der Waals surface area contributed by atoms with E-state index in [-0.39, 0.29) is 17.4 Å². The number of hydrogen-bond donors (Lipinski definition) is 0. The van der Waals surface area contributed by atoms with Gasteiger partial charge in [-0.05, 0) is 24.5 Å². The second kappa shape index (κ2) is 5.10. The lowest BCUT2D eigenvalue weighted by atomic mass is 10.1. The molecule has 112 valence electrons. The van der Waals surface area contributed by atoms with Crippen molar-refractivity contribution in [2.75, 3.05) is 18.6 Å². The van der Waals surface area contributed by atoms with Gasteiger partial charge < -0.3 is 4.74 Å². The molecule has 0 N–H and O–H groups in total. The Morgan fingerprint density at radius 1 is 1.48 bits per heavy atom. The molecule has 1 saturated heterocycles. The summed E-state index contributed by atoms with van der Waals surface area (Å²) in [7, 11) is -1.60. The molecular weight excluding hydrogens is 294 g/mol. The summed E-state index contributed by atoms with van der Waals surface area (Å²) in [6.45, 7) is 0. The maximum absolute atomic E-state index is 11.7. The smallest absolute Gasteiger partial charge is 0.356 e. The second-order valence-electron chi connectivity index (χ2n) is 5.17. The molecule has 0 saturated carbocycles. The van der Waals surface area contributed by atoms with Crippen LogP contribution in [0, 0.1) is 5.92 Å². The van der Waals surface area contributed by atoms with E-state index in [0.717, 1.165) is 0 Å². The first-order valence-corrected chi connectivity index (χ1v) is 8.44.